The third-order valence-corrected chi connectivity index (χ3v) is 5.52. The highest BCUT2D eigenvalue weighted by Gasteiger charge is 2.37. The molecule has 2 saturated heterocycles. The molecule has 6 heteroatoms. The normalized spacial score (nSPS) is 21.0. The molecular formula is C20H28N2O4. The molecule has 0 aliphatic carbocycles. The van der Waals surface area contributed by atoms with Crippen molar-refractivity contribution in [1.29, 1.82) is 0 Å². The van der Waals surface area contributed by atoms with E-state index in [2.05, 4.69) is 6.92 Å². The standard InChI is InChI=1S/C20H28N2O4/c1-14-8-11-21(12-9-14)20(24)16-5-4-10-22(16)19(23)15-6-7-17(25-2)18(13-15)26-3/h6-7,13-14,16H,4-5,8-12H2,1-3H3/t16-/m0/s1. The summed E-state index contributed by atoms with van der Waals surface area (Å²) in [5.41, 5.74) is 0.523. The van der Waals surface area contributed by atoms with E-state index in [0.717, 1.165) is 38.8 Å². The SMILES string of the molecule is COc1ccc(C(=O)N2CCC[C@H]2C(=O)N2CCC(C)CC2)cc1OC. The van der Waals surface area contributed by atoms with E-state index in [1.807, 2.05) is 4.90 Å². The Kier molecular flexibility index (Phi) is 5.69. The summed E-state index contributed by atoms with van der Waals surface area (Å²) in [6.07, 6.45) is 3.69. The lowest BCUT2D eigenvalue weighted by Crippen LogP contribution is -2.49. The fourth-order valence-corrected chi connectivity index (χ4v) is 3.84. The topological polar surface area (TPSA) is 59.1 Å². The molecule has 0 unspecified atom stereocenters. The fourth-order valence-electron chi connectivity index (χ4n) is 3.84. The van der Waals surface area contributed by atoms with Gasteiger partial charge in [-0.25, -0.2) is 0 Å². The molecular weight excluding hydrogens is 332 g/mol. The number of hydrogen-bond donors (Lipinski definition) is 0. The Hall–Kier alpha value is -2.24. The number of piperidine rings is 1. The first kappa shape index (κ1) is 18.5. The first-order valence-corrected chi connectivity index (χ1v) is 9.37. The maximum absolute atomic E-state index is 13.0. The molecule has 1 aromatic rings. The number of carbonyl (C=O) groups is 2. The van der Waals surface area contributed by atoms with Crippen LogP contribution in [0.1, 0.15) is 43.0 Å². The van der Waals surface area contributed by atoms with Crippen molar-refractivity contribution in [2.75, 3.05) is 33.9 Å². The molecule has 2 aliphatic rings. The molecule has 1 aromatic carbocycles. The molecule has 0 spiro atoms. The number of rotatable bonds is 4. The minimum Gasteiger partial charge on any atom is -0.493 e. The van der Waals surface area contributed by atoms with Crippen LogP contribution in [0.4, 0.5) is 0 Å². The van der Waals surface area contributed by atoms with E-state index in [4.69, 9.17) is 9.47 Å². The molecule has 0 saturated carbocycles. The summed E-state index contributed by atoms with van der Waals surface area (Å²) in [5.74, 6) is 1.76. The van der Waals surface area contributed by atoms with Gasteiger partial charge in [-0.15, -0.1) is 0 Å². The lowest BCUT2D eigenvalue weighted by Gasteiger charge is -2.34. The monoisotopic (exact) mass is 360 g/mol. The summed E-state index contributed by atoms with van der Waals surface area (Å²) in [7, 11) is 3.11. The molecule has 6 nitrogen and oxygen atoms in total. The number of methoxy groups -OCH3 is 2. The Morgan fingerprint density at radius 2 is 1.69 bits per heavy atom. The molecule has 0 aromatic heterocycles. The van der Waals surface area contributed by atoms with Gasteiger partial charge in [0.25, 0.3) is 5.91 Å². The minimum absolute atomic E-state index is 0.100. The van der Waals surface area contributed by atoms with Crippen LogP contribution in [-0.4, -0.2) is 61.5 Å². The van der Waals surface area contributed by atoms with Gasteiger partial charge in [0.2, 0.25) is 5.91 Å². The summed E-state index contributed by atoms with van der Waals surface area (Å²) < 4.78 is 10.5. The predicted octanol–water partition coefficient (Wildman–Crippen LogP) is 2.57. The first-order valence-electron chi connectivity index (χ1n) is 9.37. The van der Waals surface area contributed by atoms with E-state index in [0.29, 0.717) is 29.5 Å². The Morgan fingerprint density at radius 1 is 1.00 bits per heavy atom. The van der Waals surface area contributed by atoms with Crippen LogP contribution in [0.15, 0.2) is 18.2 Å². The van der Waals surface area contributed by atoms with Crippen LogP contribution in [0.2, 0.25) is 0 Å². The van der Waals surface area contributed by atoms with Crippen molar-refractivity contribution in [3.8, 4) is 11.5 Å². The van der Waals surface area contributed by atoms with Gasteiger partial charge < -0.3 is 19.3 Å². The van der Waals surface area contributed by atoms with Gasteiger partial charge in [-0.1, -0.05) is 6.92 Å². The van der Waals surface area contributed by atoms with E-state index in [9.17, 15) is 9.59 Å². The van der Waals surface area contributed by atoms with E-state index in [1.54, 1.807) is 37.3 Å². The third kappa shape index (κ3) is 3.64. The largest absolute Gasteiger partial charge is 0.493 e. The van der Waals surface area contributed by atoms with E-state index < -0.39 is 0 Å². The molecule has 142 valence electrons. The van der Waals surface area contributed by atoms with Crippen LogP contribution in [0.25, 0.3) is 0 Å². The molecule has 0 radical (unpaired) electrons. The Labute approximate surface area is 155 Å². The smallest absolute Gasteiger partial charge is 0.254 e. The molecule has 1 atom stereocenters. The molecule has 0 bridgehead atoms. The highest BCUT2D eigenvalue weighted by molar-refractivity contribution is 5.98. The predicted molar refractivity (Wildman–Crippen MR) is 98.6 cm³/mol. The van der Waals surface area contributed by atoms with Crippen molar-refractivity contribution in [3.63, 3.8) is 0 Å². The van der Waals surface area contributed by atoms with Gasteiger partial charge in [-0.2, -0.15) is 0 Å². The van der Waals surface area contributed by atoms with Crippen LogP contribution in [0.5, 0.6) is 11.5 Å². The van der Waals surface area contributed by atoms with Gasteiger partial charge in [0, 0.05) is 25.2 Å². The average molecular weight is 360 g/mol. The van der Waals surface area contributed by atoms with Crippen molar-refractivity contribution in [1.82, 2.24) is 9.80 Å². The summed E-state index contributed by atoms with van der Waals surface area (Å²) in [6, 6.07) is 4.80. The summed E-state index contributed by atoms with van der Waals surface area (Å²) >= 11 is 0. The van der Waals surface area contributed by atoms with Crippen molar-refractivity contribution >= 4 is 11.8 Å². The van der Waals surface area contributed by atoms with E-state index >= 15 is 0 Å². The molecule has 2 amide bonds. The van der Waals surface area contributed by atoms with Crippen LogP contribution >= 0.6 is 0 Å². The number of ether oxygens (including phenoxy) is 2. The number of benzene rings is 1. The quantitative estimate of drug-likeness (QED) is 0.828. The van der Waals surface area contributed by atoms with Crippen molar-refractivity contribution < 1.29 is 19.1 Å². The van der Waals surface area contributed by atoms with E-state index in [1.165, 1.54) is 0 Å². The van der Waals surface area contributed by atoms with Gasteiger partial charge in [-0.05, 0) is 49.8 Å². The maximum atomic E-state index is 13.0. The molecule has 3 rings (SSSR count). The average Bonchev–Trinajstić information content (AvgIpc) is 3.16. The summed E-state index contributed by atoms with van der Waals surface area (Å²) in [6.45, 7) is 4.45. The highest BCUT2D eigenvalue weighted by Crippen LogP contribution is 2.30. The molecule has 0 N–H and O–H groups in total. The van der Waals surface area contributed by atoms with Crippen LogP contribution in [-0.2, 0) is 4.79 Å². The number of carbonyl (C=O) groups excluding carboxylic acids is 2. The fraction of sp³-hybridized carbons (Fsp3) is 0.600. The second-order valence-corrected chi connectivity index (χ2v) is 7.23. The van der Waals surface area contributed by atoms with Gasteiger partial charge in [0.1, 0.15) is 6.04 Å². The second kappa shape index (κ2) is 7.98. The Balaban J connectivity index is 1.75. The summed E-state index contributed by atoms with van der Waals surface area (Å²) in [5, 5.41) is 0. The van der Waals surface area contributed by atoms with Gasteiger partial charge in [-0.3, -0.25) is 9.59 Å². The number of nitrogens with zero attached hydrogens (tertiary/aromatic N) is 2. The zero-order valence-corrected chi connectivity index (χ0v) is 15.9. The molecule has 2 fully saturated rings. The Morgan fingerprint density at radius 3 is 2.35 bits per heavy atom. The number of likely N-dealkylation sites (tertiary alicyclic amines) is 2. The van der Waals surface area contributed by atoms with Crippen molar-refractivity contribution in [2.24, 2.45) is 5.92 Å². The van der Waals surface area contributed by atoms with Crippen molar-refractivity contribution in [2.45, 2.75) is 38.6 Å². The number of hydrogen-bond acceptors (Lipinski definition) is 4. The zero-order valence-electron chi connectivity index (χ0n) is 15.9. The van der Waals surface area contributed by atoms with Gasteiger partial charge in [0.15, 0.2) is 11.5 Å². The Bertz CT molecular complexity index is 668. The molecule has 26 heavy (non-hydrogen) atoms. The summed E-state index contributed by atoms with van der Waals surface area (Å²) in [4.78, 5) is 29.6. The zero-order chi connectivity index (χ0) is 18.7. The van der Waals surface area contributed by atoms with Gasteiger partial charge >= 0.3 is 0 Å². The van der Waals surface area contributed by atoms with Crippen LogP contribution < -0.4 is 9.47 Å². The molecule has 2 aliphatic heterocycles. The maximum Gasteiger partial charge on any atom is 0.254 e. The van der Waals surface area contributed by atoms with Crippen LogP contribution in [0, 0.1) is 5.92 Å². The number of amides is 2. The third-order valence-electron chi connectivity index (χ3n) is 5.52. The lowest BCUT2D eigenvalue weighted by molar-refractivity contribution is -0.136. The highest BCUT2D eigenvalue weighted by atomic mass is 16.5. The minimum atomic E-state index is -0.344. The first-order chi connectivity index (χ1) is 12.5. The van der Waals surface area contributed by atoms with Crippen LogP contribution in [0.3, 0.4) is 0 Å². The van der Waals surface area contributed by atoms with Crippen molar-refractivity contribution in [3.05, 3.63) is 23.8 Å². The lowest BCUT2D eigenvalue weighted by atomic mass is 9.98. The molecule has 2 heterocycles. The van der Waals surface area contributed by atoms with E-state index in [-0.39, 0.29) is 17.9 Å². The van der Waals surface area contributed by atoms with Gasteiger partial charge in [0.05, 0.1) is 14.2 Å². The second-order valence-electron chi connectivity index (χ2n) is 7.23.